The Morgan fingerprint density at radius 3 is 2.50 bits per heavy atom. The molecule has 30 heavy (non-hydrogen) atoms. The van der Waals surface area contributed by atoms with E-state index in [1.54, 1.807) is 0 Å². The van der Waals surface area contributed by atoms with Crippen LogP contribution in [0, 0.1) is 11.8 Å². The molecule has 0 spiro atoms. The summed E-state index contributed by atoms with van der Waals surface area (Å²) in [5.74, 6) is 0.841. The van der Waals surface area contributed by atoms with E-state index < -0.39 is 15.9 Å². The van der Waals surface area contributed by atoms with Gasteiger partial charge in [-0.2, -0.15) is 4.31 Å². The smallest absolute Gasteiger partial charge is 0.267 e. The van der Waals surface area contributed by atoms with Crippen LogP contribution in [0.5, 0.6) is 0 Å². The molecule has 0 radical (unpaired) electrons. The fourth-order valence-electron chi connectivity index (χ4n) is 4.03. The van der Waals surface area contributed by atoms with Gasteiger partial charge >= 0.3 is 0 Å². The van der Waals surface area contributed by atoms with Crippen molar-refractivity contribution in [1.29, 1.82) is 0 Å². The van der Waals surface area contributed by atoms with Crippen molar-refractivity contribution in [2.24, 2.45) is 11.8 Å². The van der Waals surface area contributed by atoms with E-state index in [1.807, 2.05) is 0 Å². The Morgan fingerprint density at radius 1 is 1.17 bits per heavy atom. The maximum atomic E-state index is 13.0. The van der Waals surface area contributed by atoms with Crippen LogP contribution in [-0.2, 0) is 16.6 Å². The van der Waals surface area contributed by atoms with Gasteiger partial charge in [0.1, 0.15) is 5.56 Å². The van der Waals surface area contributed by atoms with Crippen molar-refractivity contribution >= 4 is 33.4 Å². The summed E-state index contributed by atoms with van der Waals surface area (Å²) in [6.45, 7) is 5.68. The molecular formula is C20H24N4O4S2. The molecule has 160 valence electrons. The zero-order valence-electron chi connectivity index (χ0n) is 16.9. The van der Waals surface area contributed by atoms with Crippen LogP contribution in [0.4, 0.5) is 5.69 Å². The standard InChI is InChI=1S/C20H24N4O4S2/c1-13-9-14(2)12-23(11-13)30(27,28)16-5-3-15(4-6-16)22-18(25)17-10-21-20-24(19(17)26)7-8-29-20/h3-6,10,13-14H,7-9,11-12H2,1-2H3,(H,22,25)/t13-,14-/m0/s1. The van der Waals surface area contributed by atoms with Crippen molar-refractivity contribution in [2.45, 2.75) is 36.9 Å². The number of sulfonamides is 1. The number of piperidine rings is 1. The number of benzene rings is 1. The van der Waals surface area contributed by atoms with Crippen LogP contribution in [0.3, 0.4) is 0 Å². The zero-order chi connectivity index (χ0) is 21.5. The topological polar surface area (TPSA) is 101 Å². The summed E-state index contributed by atoms with van der Waals surface area (Å²) in [5, 5.41) is 3.27. The van der Waals surface area contributed by atoms with Crippen molar-refractivity contribution in [3.8, 4) is 0 Å². The fourth-order valence-corrected chi connectivity index (χ4v) is 6.63. The molecule has 4 rings (SSSR count). The molecule has 1 aromatic carbocycles. The Morgan fingerprint density at radius 2 is 1.83 bits per heavy atom. The van der Waals surface area contributed by atoms with Gasteiger partial charge in [0, 0.05) is 37.3 Å². The molecule has 1 fully saturated rings. The van der Waals surface area contributed by atoms with Crippen LogP contribution in [0.2, 0.25) is 0 Å². The van der Waals surface area contributed by atoms with Crippen LogP contribution >= 0.6 is 11.8 Å². The summed E-state index contributed by atoms with van der Waals surface area (Å²) in [4.78, 5) is 29.4. The fraction of sp³-hybridized carbons (Fsp3) is 0.450. The highest BCUT2D eigenvalue weighted by molar-refractivity contribution is 7.99. The lowest BCUT2D eigenvalue weighted by atomic mass is 9.94. The summed E-state index contributed by atoms with van der Waals surface area (Å²) in [6.07, 6.45) is 2.31. The van der Waals surface area contributed by atoms with E-state index in [-0.39, 0.29) is 16.0 Å². The molecule has 0 saturated carbocycles. The number of fused-ring (bicyclic) bond motifs is 1. The number of nitrogens with one attached hydrogen (secondary N) is 1. The van der Waals surface area contributed by atoms with Gasteiger partial charge in [-0.1, -0.05) is 25.6 Å². The summed E-state index contributed by atoms with van der Waals surface area (Å²) in [7, 11) is -3.58. The van der Waals surface area contributed by atoms with E-state index in [0.29, 0.717) is 42.3 Å². The van der Waals surface area contributed by atoms with Crippen molar-refractivity contribution in [3.05, 3.63) is 46.4 Å². The van der Waals surface area contributed by atoms with Gasteiger partial charge in [-0.15, -0.1) is 0 Å². The SMILES string of the molecule is C[C@H]1C[C@H](C)CN(S(=O)(=O)c2ccc(NC(=O)c3cnc4n(c3=O)CCS4)cc2)C1. The normalized spacial score (nSPS) is 21.9. The highest BCUT2D eigenvalue weighted by Crippen LogP contribution is 2.27. The average Bonchev–Trinajstić information content (AvgIpc) is 3.17. The summed E-state index contributed by atoms with van der Waals surface area (Å²) in [6, 6.07) is 6.05. The molecule has 1 amide bonds. The molecule has 0 unspecified atom stereocenters. The maximum absolute atomic E-state index is 13.0. The van der Waals surface area contributed by atoms with Gasteiger partial charge in [0.15, 0.2) is 5.16 Å². The number of nitrogens with zero attached hydrogens (tertiary/aromatic N) is 3. The highest BCUT2D eigenvalue weighted by Gasteiger charge is 2.31. The van der Waals surface area contributed by atoms with Gasteiger partial charge < -0.3 is 5.32 Å². The van der Waals surface area contributed by atoms with Crippen LogP contribution in [0.1, 0.15) is 30.6 Å². The molecule has 2 aliphatic heterocycles. The molecule has 2 aliphatic rings. The van der Waals surface area contributed by atoms with Crippen LogP contribution < -0.4 is 10.9 Å². The number of amides is 1. The number of anilines is 1. The molecule has 2 aromatic rings. The van der Waals surface area contributed by atoms with Crippen LogP contribution in [0.25, 0.3) is 0 Å². The average molecular weight is 449 g/mol. The molecule has 0 aliphatic carbocycles. The second kappa shape index (κ2) is 8.16. The lowest BCUT2D eigenvalue weighted by Gasteiger charge is -2.34. The largest absolute Gasteiger partial charge is 0.322 e. The number of carbonyl (C=O) groups is 1. The number of rotatable bonds is 4. The van der Waals surface area contributed by atoms with E-state index in [1.165, 1.54) is 51.1 Å². The predicted molar refractivity (Wildman–Crippen MR) is 115 cm³/mol. The summed E-state index contributed by atoms with van der Waals surface area (Å²) in [5.41, 5.74) is 0.0166. The number of hydrogen-bond acceptors (Lipinski definition) is 6. The molecule has 0 bridgehead atoms. The van der Waals surface area contributed by atoms with Gasteiger partial charge in [-0.05, 0) is 42.5 Å². The Kier molecular flexibility index (Phi) is 5.73. The van der Waals surface area contributed by atoms with Crippen molar-refractivity contribution in [2.75, 3.05) is 24.2 Å². The molecule has 8 nitrogen and oxygen atoms in total. The molecular weight excluding hydrogens is 424 g/mol. The minimum atomic E-state index is -3.58. The Labute approximate surface area is 179 Å². The van der Waals surface area contributed by atoms with E-state index >= 15 is 0 Å². The molecule has 3 heterocycles. The number of carbonyl (C=O) groups excluding carboxylic acids is 1. The third-order valence-corrected chi connectivity index (χ3v) is 8.20. The second-order valence-electron chi connectivity index (χ2n) is 8.01. The highest BCUT2D eigenvalue weighted by atomic mass is 32.2. The second-order valence-corrected chi connectivity index (χ2v) is 11.0. The lowest BCUT2D eigenvalue weighted by molar-refractivity contribution is 0.102. The molecule has 2 atom stereocenters. The number of thioether (sulfide) groups is 1. The Hall–Kier alpha value is -2.17. The number of aromatic nitrogens is 2. The monoisotopic (exact) mass is 448 g/mol. The summed E-state index contributed by atoms with van der Waals surface area (Å²) < 4.78 is 29.0. The predicted octanol–water partition coefficient (Wildman–Crippen LogP) is 2.27. The lowest BCUT2D eigenvalue weighted by Crippen LogP contribution is -2.42. The first-order chi connectivity index (χ1) is 14.3. The van der Waals surface area contributed by atoms with E-state index in [4.69, 9.17) is 0 Å². The first kappa shape index (κ1) is 21.1. The van der Waals surface area contributed by atoms with Crippen LogP contribution in [0.15, 0.2) is 45.3 Å². The van der Waals surface area contributed by atoms with Crippen molar-refractivity contribution < 1.29 is 13.2 Å². The van der Waals surface area contributed by atoms with Crippen molar-refractivity contribution in [1.82, 2.24) is 13.9 Å². The van der Waals surface area contributed by atoms with E-state index in [9.17, 15) is 18.0 Å². The maximum Gasteiger partial charge on any atom is 0.267 e. The quantitative estimate of drug-likeness (QED) is 0.720. The van der Waals surface area contributed by atoms with Gasteiger partial charge in [0.2, 0.25) is 10.0 Å². The first-order valence-electron chi connectivity index (χ1n) is 9.90. The molecule has 10 heteroatoms. The van der Waals surface area contributed by atoms with Gasteiger partial charge in [-0.25, -0.2) is 13.4 Å². The molecule has 1 saturated heterocycles. The third kappa shape index (κ3) is 4.03. The van der Waals surface area contributed by atoms with E-state index in [2.05, 4.69) is 24.1 Å². The van der Waals surface area contributed by atoms with E-state index in [0.717, 1.165) is 12.2 Å². The molecule has 1 N–H and O–H groups in total. The van der Waals surface area contributed by atoms with Gasteiger partial charge in [-0.3, -0.25) is 14.2 Å². The van der Waals surface area contributed by atoms with Crippen molar-refractivity contribution in [3.63, 3.8) is 0 Å². The minimum absolute atomic E-state index is 0.0331. The number of hydrogen-bond donors (Lipinski definition) is 1. The minimum Gasteiger partial charge on any atom is -0.322 e. The summed E-state index contributed by atoms with van der Waals surface area (Å²) >= 11 is 1.48. The Balaban J connectivity index is 1.50. The molecule has 1 aromatic heterocycles. The third-order valence-electron chi connectivity index (χ3n) is 5.39. The zero-order valence-corrected chi connectivity index (χ0v) is 18.5. The van der Waals surface area contributed by atoms with Crippen LogP contribution in [-0.4, -0.2) is 47.0 Å². The van der Waals surface area contributed by atoms with Gasteiger partial charge in [0.25, 0.3) is 11.5 Å². The Bertz CT molecular complexity index is 1120. The first-order valence-corrected chi connectivity index (χ1v) is 12.3. The van der Waals surface area contributed by atoms with Gasteiger partial charge in [0.05, 0.1) is 4.90 Å².